The number of nitrogen functional groups attached to an aromatic ring is 2. The molecule has 17 nitrogen and oxygen atoms in total. The Kier molecular flexibility index (Phi) is 9.46. The number of nitrogens with two attached hydrogens (primary N) is 2. The van der Waals surface area contributed by atoms with Crippen molar-refractivity contribution in [2.75, 3.05) is 23.4 Å². The van der Waals surface area contributed by atoms with Crippen molar-refractivity contribution in [2.45, 2.75) is 37.9 Å². The largest absolute Gasteiger partial charge is 0.481 e. The van der Waals surface area contributed by atoms with Crippen LogP contribution < -0.4 is 27.0 Å². The van der Waals surface area contributed by atoms with Gasteiger partial charge in [0.05, 0.1) is 24.9 Å². The van der Waals surface area contributed by atoms with Crippen LogP contribution in [0, 0.1) is 0 Å². The molecule has 41 heavy (non-hydrogen) atoms. The molecule has 17 heteroatoms. The minimum atomic E-state index is -1.67. The highest BCUT2D eigenvalue weighted by Crippen LogP contribution is 2.19. The third-order valence-corrected chi connectivity index (χ3v) is 5.75. The maximum atomic E-state index is 12.7. The lowest BCUT2D eigenvalue weighted by Crippen LogP contribution is -2.44. The van der Waals surface area contributed by atoms with Gasteiger partial charge >= 0.3 is 17.9 Å². The fourth-order valence-corrected chi connectivity index (χ4v) is 3.68. The first-order valence-corrected chi connectivity index (χ1v) is 12.0. The number of nitrogens with one attached hydrogen (secondary N) is 2. The van der Waals surface area contributed by atoms with Crippen molar-refractivity contribution in [3.05, 3.63) is 41.7 Å². The zero-order valence-electron chi connectivity index (χ0n) is 21.6. The van der Waals surface area contributed by atoms with E-state index in [-0.39, 0.29) is 29.4 Å². The van der Waals surface area contributed by atoms with Crippen LogP contribution in [0.2, 0.25) is 0 Å². The number of fused-ring (bicyclic) bond motifs is 1. The molecule has 2 aromatic heterocycles. The molecule has 0 saturated carbocycles. The quantitative estimate of drug-likeness (QED) is 0.133. The lowest BCUT2D eigenvalue weighted by atomic mass is 10.1. The number of carboxylic acid groups (broad SMARTS) is 3. The molecule has 0 saturated heterocycles. The van der Waals surface area contributed by atoms with Gasteiger partial charge in [-0.1, -0.05) is 0 Å². The molecule has 0 spiro atoms. The maximum absolute atomic E-state index is 12.7. The normalized spacial score (nSPS) is 12.2. The van der Waals surface area contributed by atoms with Gasteiger partial charge in [-0.3, -0.25) is 14.4 Å². The van der Waals surface area contributed by atoms with Gasteiger partial charge < -0.3 is 42.3 Å². The minimum Gasteiger partial charge on any atom is -0.481 e. The summed E-state index contributed by atoms with van der Waals surface area (Å²) in [5.74, 6) is -5.89. The van der Waals surface area contributed by atoms with Gasteiger partial charge in [0.15, 0.2) is 17.0 Å². The Morgan fingerprint density at radius 3 is 2.20 bits per heavy atom. The third kappa shape index (κ3) is 8.19. The number of hydrogen-bond donors (Lipinski definition) is 7. The van der Waals surface area contributed by atoms with Crippen LogP contribution in [0.15, 0.2) is 30.5 Å². The van der Waals surface area contributed by atoms with Gasteiger partial charge in [0, 0.05) is 24.7 Å². The summed E-state index contributed by atoms with van der Waals surface area (Å²) in [6.45, 7) is 0.316. The smallest absolute Gasteiger partial charge is 0.326 e. The Balaban J connectivity index is 1.59. The molecule has 0 radical (unpaired) electrons. The number of amides is 2. The SMILES string of the molecule is CN(Cc1cnc2nc(N)nc(N)c2n1)c1ccc(C(=O)NC(CCC(=O)NC(CC(=O)O)C(=O)O)C(=O)O)cc1. The first-order valence-electron chi connectivity index (χ1n) is 12.0. The summed E-state index contributed by atoms with van der Waals surface area (Å²) in [5, 5.41) is 31.6. The number of hydrogen-bond acceptors (Lipinski definition) is 12. The van der Waals surface area contributed by atoms with Crippen LogP contribution in [0.3, 0.4) is 0 Å². The molecule has 0 fully saturated rings. The summed E-state index contributed by atoms with van der Waals surface area (Å²) in [5.41, 5.74) is 13.4. The van der Waals surface area contributed by atoms with Gasteiger partial charge in [-0.2, -0.15) is 9.97 Å². The van der Waals surface area contributed by atoms with E-state index in [1.807, 2.05) is 10.2 Å². The molecule has 0 aliphatic rings. The summed E-state index contributed by atoms with van der Waals surface area (Å²) in [6, 6.07) is 3.11. The molecule has 0 aliphatic heterocycles. The Morgan fingerprint density at radius 1 is 0.927 bits per heavy atom. The molecule has 2 atom stereocenters. The average molecular weight is 570 g/mol. The van der Waals surface area contributed by atoms with Crippen LogP contribution in [0.1, 0.15) is 35.3 Å². The van der Waals surface area contributed by atoms with Crippen LogP contribution in [0.4, 0.5) is 17.5 Å². The monoisotopic (exact) mass is 569 g/mol. The fraction of sp³-hybridized carbons (Fsp3) is 0.292. The molecule has 2 amide bonds. The van der Waals surface area contributed by atoms with Gasteiger partial charge in [0.1, 0.15) is 12.1 Å². The van der Waals surface area contributed by atoms with E-state index < -0.39 is 54.6 Å². The molecule has 2 heterocycles. The lowest BCUT2D eigenvalue weighted by molar-refractivity contribution is -0.147. The molecule has 2 unspecified atom stereocenters. The second kappa shape index (κ2) is 13.0. The van der Waals surface area contributed by atoms with Crippen molar-refractivity contribution in [2.24, 2.45) is 0 Å². The van der Waals surface area contributed by atoms with Crippen molar-refractivity contribution in [1.29, 1.82) is 0 Å². The third-order valence-electron chi connectivity index (χ3n) is 5.75. The van der Waals surface area contributed by atoms with Crippen molar-refractivity contribution in [3.8, 4) is 0 Å². The summed E-state index contributed by atoms with van der Waals surface area (Å²) in [7, 11) is 1.78. The van der Waals surface area contributed by atoms with Gasteiger partial charge in [0.25, 0.3) is 5.91 Å². The van der Waals surface area contributed by atoms with E-state index >= 15 is 0 Å². The van der Waals surface area contributed by atoms with Gasteiger partial charge in [0.2, 0.25) is 11.9 Å². The number of rotatable bonds is 13. The second-order valence-electron chi connectivity index (χ2n) is 8.86. The van der Waals surface area contributed by atoms with Crippen molar-refractivity contribution >= 4 is 58.3 Å². The molecular formula is C24H27N9O8. The molecule has 0 bridgehead atoms. The molecule has 0 aliphatic carbocycles. The topological polar surface area (TPSA) is 277 Å². The van der Waals surface area contributed by atoms with Crippen LogP contribution in [0.25, 0.3) is 11.2 Å². The predicted octanol–water partition coefficient (Wildman–Crippen LogP) is -0.772. The van der Waals surface area contributed by atoms with E-state index in [0.29, 0.717) is 23.4 Å². The first kappa shape index (κ1) is 29.9. The number of anilines is 3. The van der Waals surface area contributed by atoms with E-state index in [1.54, 1.807) is 19.2 Å². The van der Waals surface area contributed by atoms with Gasteiger partial charge in [-0.25, -0.2) is 19.6 Å². The summed E-state index contributed by atoms with van der Waals surface area (Å²) >= 11 is 0. The average Bonchev–Trinajstić information content (AvgIpc) is 2.90. The Labute approximate surface area is 231 Å². The maximum Gasteiger partial charge on any atom is 0.326 e. The summed E-state index contributed by atoms with van der Waals surface area (Å²) in [6.07, 6.45) is -0.151. The summed E-state index contributed by atoms with van der Waals surface area (Å²) < 4.78 is 0. The number of carbonyl (C=O) groups is 5. The Hall–Kier alpha value is -5.61. The Morgan fingerprint density at radius 2 is 1.59 bits per heavy atom. The zero-order valence-corrected chi connectivity index (χ0v) is 21.6. The van der Waals surface area contributed by atoms with Crippen molar-refractivity contribution in [1.82, 2.24) is 30.6 Å². The Bertz CT molecular complexity index is 1480. The van der Waals surface area contributed by atoms with E-state index in [1.165, 1.54) is 18.3 Å². The van der Waals surface area contributed by atoms with Crippen molar-refractivity contribution in [3.63, 3.8) is 0 Å². The van der Waals surface area contributed by atoms with Crippen LogP contribution in [-0.2, 0) is 25.7 Å². The first-order chi connectivity index (χ1) is 19.3. The van der Waals surface area contributed by atoms with E-state index in [0.717, 1.165) is 0 Å². The van der Waals surface area contributed by atoms with E-state index in [9.17, 15) is 29.1 Å². The molecule has 9 N–H and O–H groups in total. The lowest BCUT2D eigenvalue weighted by Gasteiger charge is -2.19. The van der Waals surface area contributed by atoms with Crippen LogP contribution in [0.5, 0.6) is 0 Å². The summed E-state index contributed by atoms with van der Waals surface area (Å²) in [4.78, 5) is 76.5. The van der Waals surface area contributed by atoms with Crippen LogP contribution in [-0.4, -0.2) is 84.1 Å². The van der Waals surface area contributed by atoms with Gasteiger partial charge in [-0.15, -0.1) is 0 Å². The number of nitrogens with zero attached hydrogens (tertiary/aromatic N) is 5. The number of carboxylic acids is 3. The van der Waals surface area contributed by atoms with E-state index in [4.69, 9.17) is 21.7 Å². The molecule has 216 valence electrons. The van der Waals surface area contributed by atoms with E-state index in [2.05, 4.69) is 25.3 Å². The molecule has 1 aromatic carbocycles. The molecular weight excluding hydrogens is 542 g/mol. The molecule has 3 aromatic rings. The number of benzene rings is 1. The number of carbonyl (C=O) groups excluding carboxylic acids is 2. The predicted molar refractivity (Wildman–Crippen MR) is 142 cm³/mol. The van der Waals surface area contributed by atoms with Gasteiger partial charge in [-0.05, 0) is 30.7 Å². The highest BCUT2D eigenvalue weighted by atomic mass is 16.4. The number of aromatic nitrogens is 4. The number of aliphatic carboxylic acids is 3. The van der Waals surface area contributed by atoms with Crippen molar-refractivity contribution < 1.29 is 39.3 Å². The zero-order chi connectivity index (χ0) is 30.3. The van der Waals surface area contributed by atoms with Crippen LogP contribution >= 0.6 is 0 Å². The second-order valence-corrected chi connectivity index (χ2v) is 8.86. The minimum absolute atomic E-state index is 0.0136. The fourth-order valence-electron chi connectivity index (χ4n) is 3.68. The highest BCUT2D eigenvalue weighted by Gasteiger charge is 2.25. The molecule has 3 rings (SSSR count). The standard InChI is InChI=1S/C24H27N9O8/c1-33(10-12-9-27-20-18(28-12)19(25)31-24(26)32-20)13-4-2-11(3-5-13)21(37)30-14(22(38)39)6-7-16(34)29-15(23(40)41)8-17(35)36/h2-5,9,14-15H,6-8,10H2,1H3,(H,29,34)(H,30,37)(H,35,36)(H,38,39)(H,40,41)(H4,25,26,27,31,32). The highest BCUT2D eigenvalue weighted by molar-refractivity contribution is 5.97.